The van der Waals surface area contributed by atoms with Crippen LogP contribution in [0.4, 0.5) is 5.69 Å². The summed E-state index contributed by atoms with van der Waals surface area (Å²) in [5, 5.41) is 3.13. The Bertz CT molecular complexity index is 534. The number of carbonyl (C=O) groups excluding carboxylic acids is 1. The van der Waals surface area contributed by atoms with E-state index in [0.29, 0.717) is 6.42 Å². The number of benzene rings is 2. The molecule has 19 heavy (non-hydrogen) atoms. The predicted octanol–water partition coefficient (Wildman–Crippen LogP) is 3.03. The van der Waals surface area contributed by atoms with Crippen molar-refractivity contribution >= 4 is 11.6 Å². The van der Waals surface area contributed by atoms with Gasteiger partial charge in [-0.15, -0.1) is 0 Å². The minimum absolute atomic E-state index is 0.317. The van der Waals surface area contributed by atoms with Crippen molar-refractivity contribution in [2.75, 3.05) is 5.32 Å². The molecule has 0 saturated carbocycles. The lowest BCUT2D eigenvalue weighted by atomic mass is 10.1. The summed E-state index contributed by atoms with van der Waals surface area (Å²) >= 11 is 0. The standard InChI is InChI=1S/C16H18N2O/c1-2-15(16(17)19)18-14-10-8-13(9-11-14)12-6-4-3-5-7-12/h3-11,15,18H,2H2,1H3,(H2,17,19). The van der Waals surface area contributed by atoms with Gasteiger partial charge in [0.2, 0.25) is 5.91 Å². The molecule has 0 aliphatic carbocycles. The van der Waals surface area contributed by atoms with E-state index >= 15 is 0 Å². The van der Waals surface area contributed by atoms with E-state index in [1.807, 2.05) is 49.4 Å². The van der Waals surface area contributed by atoms with Crippen LogP contribution in [0, 0.1) is 0 Å². The lowest BCUT2D eigenvalue weighted by Crippen LogP contribution is -2.34. The van der Waals surface area contributed by atoms with Gasteiger partial charge in [0.05, 0.1) is 0 Å². The average molecular weight is 254 g/mol. The van der Waals surface area contributed by atoms with Crippen LogP contribution in [-0.2, 0) is 4.79 Å². The summed E-state index contributed by atoms with van der Waals surface area (Å²) in [6, 6.07) is 17.9. The topological polar surface area (TPSA) is 55.1 Å². The SMILES string of the molecule is CCC(Nc1ccc(-c2ccccc2)cc1)C(N)=O. The molecule has 1 amide bonds. The first kappa shape index (κ1) is 13.1. The molecule has 0 saturated heterocycles. The van der Waals surface area contributed by atoms with E-state index in [2.05, 4.69) is 17.4 Å². The third kappa shape index (κ3) is 3.35. The molecule has 0 spiro atoms. The summed E-state index contributed by atoms with van der Waals surface area (Å²) < 4.78 is 0. The van der Waals surface area contributed by atoms with Crippen LogP contribution in [-0.4, -0.2) is 11.9 Å². The van der Waals surface area contributed by atoms with Crippen LogP contribution in [0.3, 0.4) is 0 Å². The Hall–Kier alpha value is -2.29. The highest BCUT2D eigenvalue weighted by atomic mass is 16.1. The Labute approximate surface area is 113 Å². The van der Waals surface area contributed by atoms with E-state index in [0.717, 1.165) is 11.3 Å². The van der Waals surface area contributed by atoms with Gasteiger partial charge in [-0.1, -0.05) is 49.4 Å². The fraction of sp³-hybridized carbons (Fsp3) is 0.188. The molecule has 0 fully saturated rings. The summed E-state index contributed by atoms with van der Waals surface area (Å²) in [5.74, 6) is -0.324. The molecule has 0 aliphatic heterocycles. The molecular formula is C16H18N2O. The predicted molar refractivity (Wildman–Crippen MR) is 78.8 cm³/mol. The van der Waals surface area contributed by atoms with Gasteiger partial charge in [0.15, 0.2) is 0 Å². The Morgan fingerprint density at radius 1 is 1.05 bits per heavy atom. The maximum absolute atomic E-state index is 11.2. The van der Waals surface area contributed by atoms with E-state index in [1.54, 1.807) is 0 Å². The van der Waals surface area contributed by atoms with Crippen LogP contribution in [0.1, 0.15) is 13.3 Å². The fourth-order valence-corrected chi connectivity index (χ4v) is 1.97. The third-order valence-electron chi connectivity index (χ3n) is 3.08. The molecule has 2 aromatic rings. The monoisotopic (exact) mass is 254 g/mol. The zero-order valence-corrected chi connectivity index (χ0v) is 11.0. The molecule has 0 radical (unpaired) electrons. The smallest absolute Gasteiger partial charge is 0.239 e. The van der Waals surface area contributed by atoms with Crippen LogP contribution in [0.2, 0.25) is 0 Å². The molecule has 0 aromatic heterocycles. The molecule has 0 bridgehead atoms. The van der Waals surface area contributed by atoms with Gasteiger partial charge in [0.25, 0.3) is 0 Å². The Kier molecular flexibility index (Phi) is 4.18. The Balaban J connectivity index is 2.13. The summed E-state index contributed by atoms with van der Waals surface area (Å²) in [5.41, 5.74) is 8.55. The largest absolute Gasteiger partial charge is 0.374 e. The van der Waals surface area contributed by atoms with E-state index in [-0.39, 0.29) is 11.9 Å². The Morgan fingerprint density at radius 3 is 2.16 bits per heavy atom. The minimum Gasteiger partial charge on any atom is -0.374 e. The summed E-state index contributed by atoms with van der Waals surface area (Å²) in [6.45, 7) is 1.93. The van der Waals surface area contributed by atoms with Crippen molar-refractivity contribution in [3.8, 4) is 11.1 Å². The van der Waals surface area contributed by atoms with Gasteiger partial charge >= 0.3 is 0 Å². The molecule has 2 rings (SSSR count). The van der Waals surface area contributed by atoms with E-state index < -0.39 is 0 Å². The molecule has 1 atom stereocenters. The lowest BCUT2D eigenvalue weighted by Gasteiger charge is -2.14. The van der Waals surface area contributed by atoms with Gasteiger partial charge in [-0.3, -0.25) is 4.79 Å². The normalized spacial score (nSPS) is 11.8. The highest BCUT2D eigenvalue weighted by Gasteiger charge is 2.11. The maximum atomic E-state index is 11.2. The van der Waals surface area contributed by atoms with Crippen molar-refractivity contribution in [1.82, 2.24) is 0 Å². The first-order valence-corrected chi connectivity index (χ1v) is 6.42. The minimum atomic E-state index is -0.324. The molecule has 98 valence electrons. The van der Waals surface area contributed by atoms with E-state index in [4.69, 9.17) is 5.73 Å². The van der Waals surface area contributed by atoms with Crippen molar-refractivity contribution in [3.05, 3.63) is 54.6 Å². The molecule has 0 heterocycles. The van der Waals surface area contributed by atoms with Gasteiger partial charge in [-0.25, -0.2) is 0 Å². The van der Waals surface area contributed by atoms with Crippen LogP contribution >= 0.6 is 0 Å². The average Bonchev–Trinajstić information content (AvgIpc) is 2.46. The quantitative estimate of drug-likeness (QED) is 0.861. The van der Waals surface area contributed by atoms with Crippen molar-refractivity contribution < 1.29 is 4.79 Å². The fourth-order valence-electron chi connectivity index (χ4n) is 1.97. The molecule has 2 aromatic carbocycles. The number of hydrogen-bond acceptors (Lipinski definition) is 2. The van der Waals surface area contributed by atoms with Crippen molar-refractivity contribution in [1.29, 1.82) is 0 Å². The second-order valence-corrected chi connectivity index (χ2v) is 4.45. The van der Waals surface area contributed by atoms with Crippen LogP contribution < -0.4 is 11.1 Å². The van der Waals surface area contributed by atoms with Gasteiger partial charge in [-0.2, -0.15) is 0 Å². The molecule has 1 unspecified atom stereocenters. The van der Waals surface area contributed by atoms with Crippen molar-refractivity contribution in [2.45, 2.75) is 19.4 Å². The third-order valence-corrected chi connectivity index (χ3v) is 3.08. The zero-order valence-electron chi connectivity index (χ0n) is 11.0. The number of hydrogen-bond donors (Lipinski definition) is 2. The summed E-state index contributed by atoms with van der Waals surface area (Å²) in [6.07, 6.45) is 0.676. The molecule has 3 heteroatoms. The second-order valence-electron chi connectivity index (χ2n) is 4.45. The maximum Gasteiger partial charge on any atom is 0.239 e. The van der Waals surface area contributed by atoms with E-state index in [9.17, 15) is 4.79 Å². The van der Waals surface area contributed by atoms with Crippen LogP contribution in [0.25, 0.3) is 11.1 Å². The highest BCUT2D eigenvalue weighted by Crippen LogP contribution is 2.21. The number of rotatable bonds is 5. The Morgan fingerprint density at radius 2 is 1.63 bits per heavy atom. The van der Waals surface area contributed by atoms with Gasteiger partial charge in [0, 0.05) is 5.69 Å². The molecular weight excluding hydrogens is 236 g/mol. The summed E-state index contributed by atoms with van der Waals surface area (Å²) in [7, 11) is 0. The van der Waals surface area contributed by atoms with Crippen molar-refractivity contribution in [2.24, 2.45) is 5.73 Å². The second kappa shape index (κ2) is 6.05. The van der Waals surface area contributed by atoms with E-state index in [1.165, 1.54) is 5.56 Å². The number of primary amides is 1. The van der Waals surface area contributed by atoms with Gasteiger partial charge < -0.3 is 11.1 Å². The van der Waals surface area contributed by atoms with Crippen LogP contribution in [0.15, 0.2) is 54.6 Å². The highest BCUT2D eigenvalue weighted by molar-refractivity contribution is 5.83. The number of nitrogens with two attached hydrogens (primary N) is 1. The first-order valence-electron chi connectivity index (χ1n) is 6.42. The first-order chi connectivity index (χ1) is 9.20. The number of carbonyl (C=O) groups is 1. The zero-order chi connectivity index (χ0) is 13.7. The van der Waals surface area contributed by atoms with Gasteiger partial charge in [0.1, 0.15) is 6.04 Å². The van der Waals surface area contributed by atoms with Crippen LogP contribution in [0.5, 0.6) is 0 Å². The van der Waals surface area contributed by atoms with Gasteiger partial charge in [-0.05, 0) is 29.7 Å². The number of amides is 1. The summed E-state index contributed by atoms with van der Waals surface area (Å²) in [4.78, 5) is 11.2. The molecule has 0 aliphatic rings. The number of nitrogens with one attached hydrogen (secondary N) is 1. The number of anilines is 1. The molecule has 3 N–H and O–H groups in total. The lowest BCUT2D eigenvalue weighted by molar-refractivity contribution is -0.118. The van der Waals surface area contributed by atoms with Crippen molar-refractivity contribution in [3.63, 3.8) is 0 Å². The molecule has 3 nitrogen and oxygen atoms in total.